The summed E-state index contributed by atoms with van der Waals surface area (Å²) in [4.78, 5) is 47.3. The maximum Gasteiger partial charge on any atom is 0.339 e. The van der Waals surface area contributed by atoms with E-state index in [1.165, 1.54) is 31.2 Å². The van der Waals surface area contributed by atoms with Crippen molar-refractivity contribution < 1.29 is 33.9 Å². The largest absolute Gasteiger partial charge is 0.478 e. The van der Waals surface area contributed by atoms with Gasteiger partial charge in [-0.2, -0.15) is 0 Å². The zero-order chi connectivity index (χ0) is 23.5. The molecule has 1 heterocycles. The normalized spacial score (nSPS) is 16.5. The lowest BCUT2D eigenvalue weighted by molar-refractivity contribution is -0.384. The zero-order valence-electron chi connectivity index (χ0n) is 17.8. The predicted octanol–water partition coefficient (Wildman–Crippen LogP) is 3.00. The molecule has 1 aromatic rings. The molecule has 0 bridgehead atoms. The number of aliphatic carboxylic acids is 1. The number of hydrogen-bond acceptors (Lipinski definition) is 8. The molecule has 166 valence electrons. The SMILES string of the molecule is CC1=C(C(=O)O)[C@@H](c2cccc([N+](=O)[O-])c2)C(C(=O)OCOC(=O)C(C)(C)C)=C(C)N1. The minimum Gasteiger partial charge on any atom is -0.478 e. The second kappa shape index (κ2) is 8.99. The van der Waals surface area contributed by atoms with Crippen molar-refractivity contribution in [1.82, 2.24) is 5.32 Å². The Hall–Kier alpha value is -3.69. The van der Waals surface area contributed by atoms with Crippen molar-refractivity contribution in [3.8, 4) is 0 Å². The van der Waals surface area contributed by atoms with Crippen LogP contribution in [-0.4, -0.2) is 34.7 Å². The van der Waals surface area contributed by atoms with Gasteiger partial charge >= 0.3 is 17.9 Å². The highest BCUT2D eigenvalue weighted by molar-refractivity contribution is 5.99. The Bertz CT molecular complexity index is 1000. The van der Waals surface area contributed by atoms with Crippen molar-refractivity contribution in [2.24, 2.45) is 5.41 Å². The first kappa shape index (κ1) is 23.6. The maximum absolute atomic E-state index is 12.9. The first-order chi connectivity index (χ1) is 14.3. The van der Waals surface area contributed by atoms with Gasteiger partial charge in [-0.05, 0) is 40.2 Å². The number of nitro benzene ring substituents is 1. The van der Waals surface area contributed by atoms with E-state index < -0.39 is 41.0 Å². The number of rotatable bonds is 6. The highest BCUT2D eigenvalue weighted by Gasteiger charge is 2.38. The molecule has 31 heavy (non-hydrogen) atoms. The van der Waals surface area contributed by atoms with E-state index in [1.807, 2.05) is 0 Å². The van der Waals surface area contributed by atoms with E-state index in [9.17, 15) is 29.6 Å². The Balaban J connectivity index is 2.43. The van der Waals surface area contributed by atoms with Crippen molar-refractivity contribution in [2.45, 2.75) is 40.5 Å². The number of nitrogens with one attached hydrogen (secondary N) is 1. The van der Waals surface area contributed by atoms with Gasteiger partial charge in [-0.1, -0.05) is 12.1 Å². The molecule has 0 saturated heterocycles. The summed E-state index contributed by atoms with van der Waals surface area (Å²) in [5.41, 5.74) is -0.382. The fourth-order valence-corrected chi connectivity index (χ4v) is 3.13. The third-order valence-electron chi connectivity index (χ3n) is 4.62. The smallest absolute Gasteiger partial charge is 0.339 e. The van der Waals surface area contributed by atoms with Gasteiger partial charge in [0.05, 0.1) is 27.4 Å². The number of nitrogens with zero attached hydrogens (tertiary/aromatic N) is 1. The number of allylic oxidation sites excluding steroid dienone is 2. The number of non-ortho nitro benzene ring substituents is 1. The minimum absolute atomic E-state index is 0.0460. The number of benzene rings is 1. The molecule has 1 aliphatic heterocycles. The molecule has 1 aliphatic rings. The van der Waals surface area contributed by atoms with Crippen molar-refractivity contribution in [3.63, 3.8) is 0 Å². The molecule has 2 N–H and O–H groups in total. The third kappa shape index (κ3) is 5.27. The second-order valence-electron chi connectivity index (χ2n) is 8.02. The highest BCUT2D eigenvalue weighted by atomic mass is 16.7. The number of nitro groups is 1. The molecule has 0 amide bonds. The van der Waals surface area contributed by atoms with Crippen LogP contribution < -0.4 is 5.32 Å². The number of dihydropyridines is 1. The van der Waals surface area contributed by atoms with Gasteiger partial charge in [-0.25, -0.2) is 9.59 Å². The fourth-order valence-electron chi connectivity index (χ4n) is 3.13. The van der Waals surface area contributed by atoms with Crippen LogP contribution in [0.15, 0.2) is 46.8 Å². The van der Waals surface area contributed by atoms with Crippen LogP contribution >= 0.6 is 0 Å². The average Bonchev–Trinajstić information content (AvgIpc) is 2.66. The molecular formula is C21H24N2O8. The summed E-state index contributed by atoms with van der Waals surface area (Å²) in [7, 11) is 0. The summed E-state index contributed by atoms with van der Waals surface area (Å²) in [5, 5.41) is 23.8. The number of carboxylic acid groups (broad SMARTS) is 1. The fraction of sp³-hybridized carbons (Fsp3) is 0.381. The molecule has 0 unspecified atom stereocenters. The topological polar surface area (TPSA) is 145 Å². The minimum atomic E-state index is -1.29. The van der Waals surface area contributed by atoms with E-state index in [0.29, 0.717) is 5.70 Å². The maximum atomic E-state index is 12.9. The number of esters is 2. The molecule has 0 fully saturated rings. The number of carbonyl (C=O) groups is 3. The van der Waals surface area contributed by atoms with Crippen molar-refractivity contribution in [2.75, 3.05) is 6.79 Å². The van der Waals surface area contributed by atoms with Gasteiger partial charge in [-0.3, -0.25) is 14.9 Å². The predicted molar refractivity (Wildman–Crippen MR) is 109 cm³/mol. The standard InChI is InChI=1S/C21H24N2O8/c1-11-15(18(24)25)17(13-7-6-8-14(9-13)23(28)29)16(12(2)22-11)19(26)30-10-31-20(27)21(3,4)5/h6-9,17,22H,10H2,1-5H3,(H,24,25)/t17-/m1/s1. The molecule has 10 nitrogen and oxygen atoms in total. The van der Waals surface area contributed by atoms with Gasteiger partial charge < -0.3 is 19.9 Å². The summed E-state index contributed by atoms with van der Waals surface area (Å²) < 4.78 is 10.0. The van der Waals surface area contributed by atoms with Crippen molar-refractivity contribution in [1.29, 1.82) is 0 Å². The van der Waals surface area contributed by atoms with Gasteiger partial charge in [0.25, 0.3) is 5.69 Å². The highest BCUT2D eigenvalue weighted by Crippen LogP contribution is 2.39. The van der Waals surface area contributed by atoms with E-state index in [1.54, 1.807) is 27.7 Å². The van der Waals surface area contributed by atoms with Gasteiger partial charge in [0.2, 0.25) is 6.79 Å². The molecule has 0 radical (unpaired) electrons. The zero-order valence-corrected chi connectivity index (χ0v) is 17.8. The molecule has 1 atom stereocenters. The summed E-state index contributed by atoms with van der Waals surface area (Å²) in [6.07, 6.45) is 0. The lowest BCUT2D eigenvalue weighted by Gasteiger charge is -2.29. The summed E-state index contributed by atoms with van der Waals surface area (Å²) >= 11 is 0. The van der Waals surface area contributed by atoms with Crippen LogP contribution in [-0.2, 0) is 23.9 Å². The first-order valence-corrected chi connectivity index (χ1v) is 9.35. The lowest BCUT2D eigenvalue weighted by atomic mass is 9.80. The number of carboxylic acids is 1. The third-order valence-corrected chi connectivity index (χ3v) is 4.62. The molecule has 0 aliphatic carbocycles. The van der Waals surface area contributed by atoms with Crippen LogP contribution in [0.4, 0.5) is 5.69 Å². The van der Waals surface area contributed by atoms with Crippen LogP contribution in [0.1, 0.15) is 46.1 Å². The molecule has 1 aromatic carbocycles. The van der Waals surface area contributed by atoms with Crippen LogP contribution in [0.3, 0.4) is 0 Å². The summed E-state index contributed by atoms with van der Waals surface area (Å²) in [6.45, 7) is 7.35. The van der Waals surface area contributed by atoms with Gasteiger partial charge in [0, 0.05) is 23.5 Å². The second-order valence-corrected chi connectivity index (χ2v) is 8.02. The van der Waals surface area contributed by atoms with E-state index >= 15 is 0 Å². The monoisotopic (exact) mass is 432 g/mol. The molecule has 0 spiro atoms. The van der Waals surface area contributed by atoms with Crippen LogP contribution in [0, 0.1) is 15.5 Å². The Morgan fingerprint density at radius 2 is 1.74 bits per heavy atom. The van der Waals surface area contributed by atoms with Crippen LogP contribution in [0.2, 0.25) is 0 Å². The molecule has 2 rings (SSSR count). The molecule has 0 saturated carbocycles. The van der Waals surface area contributed by atoms with E-state index in [-0.39, 0.29) is 28.1 Å². The lowest BCUT2D eigenvalue weighted by Crippen LogP contribution is -2.32. The Kier molecular flexibility index (Phi) is 6.84. The number of carbonyl (C=O) groups excluding carboxylic acids is 2. The molecule has 10 heteroatoms. The van der Waals surface area contributed by atoms with Crippen LogP contribution in [0.5, 0.6) is 0 Å². The van der Waals surface area contributed by atoms with E-state index in [2.05, 4.69) is 5.32 Å². The van der Waals surface area contributed by atoms with Crippen molar-refractivity contribution in [3.05, 3.63) is 62.5 Å². The van der Waals surface area contributed by atoms with Crippen molar-refractivity contribution >= 4 is 23.6 Å². The number of ether oxygens (including phenoxy) is 2. The van der Waals surface area contributed by atoms with Gasteiger partial charge in [0.1, 0.15) is 0 Å². The summed E-state index contributed by atoms with van der Waals surface area (Å²) in [6, 6.07) is 5.39. The summed E-state index contributed by atoms with van der Waals surface area (Å²) in [5.74, 6) is -3.90. The first-order valence-electron chi connectivity index (χ1n) is 9.35. The average molecular weight is 432 g/mol. The van der Waals surface area contributed by atoms with E-state index in [4.69, 9.17) is 9.47 Å². The van der Waals surface area contributed by atoms with E-state index in [0.717, 1.165) is 0 Å². The Morgan fingerprint density at radius 1 is 1.13 bits per heavy atom. The number of hydrogen-bond donors (Lipinski definition) is 2. The molecule has 0 aromatic heterocycles. The quantitative estimate of drug-likeness (QED) is 0.300. The van der Waals surface area contributed by atoms with Crippen LogP contribution in [0.25, 0.3) is 0 Å². The van der Waals surface area contributed by atoms with Gasteiger partial charge in [0.15, 0.2) is 0 Å². The Morgan fingerprint density at radius 3 is 2.29 bits per heavy atom. The Labute approximate surface area is 178 Å². The molecular weight excluding hydrogens is 408 g/mol. The van der Waals surface area contributed by atoms with Gasteiger partial charge in [-0.15, -0.1) is 0 Å².